The van der Waals surface area contributed by atoms with Crippen LogP contribution in [0.5, 0.6) is 0 Å². The fourth-order valence-electron chi connectivity index (χ4n) is 1.49. The van der Waals surface area contributed by atoms with Gasteiger partial charge in [-0.25, -0.2) is 8.78 Å². The Hall–Kier alpha value is -1.25. The second-order valence-corrected chi connectivity index (χ2v) is 3.64. The molecule has 0 amide bonds. The van der Waals surface area contributed by atoms with Crippen LogP contribution in [0.1, 0.15) is 30.4 Å². The minimum Gasteiger partial charge on any atom is -0.303 e. The Kier molecular flexibility index (Phi) is 4.40. The smallest absolute Gasteiger partial charge is 0.242 e. The lowest BCUT2D eigenvalue weighted by Crippen LogP contribution is -1.99. The monoisotopic (exact) mass is 212 g/mol. The fourth-order valence-corrected chi connectivity index (χ4v) is 1.49. The molecule has 0 saturated heterocycles. The van der Waals surface area contributed by atoms with E-state index < -0.39 is 6.43 Å². The van der Waals surface area contributed by atoms with E-state index in [0.29, 0.717) is 12.0 Å². The van der Waals surface area contributed by atoms with Crippen molar-refractivity contribution in [2.24, 2.45) is 0 Å². The Morgan fingerprint density at radius 1 is 1.40 bits per heavy atom. The van der Waals surface area contributed by atoms with Crippen LogP contribution in [0, 0.1) is 0 Å². The topological polar surface area (TPSA) is 17.1 Å². The van der Waals surface area contributed by atoms with Crippen molar-refractivity contribution in [1.82, 2.24) is 0 Å². The first kappa shape index (κ1) is 11.8. The summed E-state index contributed by atoms with van der Waals surface area (Å²) < 4.78 is 24.3. The van der Waals surface area contributed by atoms with Crippen LogP contribution in [-0.4, -0.2) is 12.7 Å². The van der Waals surface area contributed by atoms with Crippen LogP contribution < -0.4 is 0 Å². The second-order valence-electron chi connectivity index (χ2n) is 3.64. The van der Waals surface area contributed by atoms with Crippen LogP contribution in [0.4, 0.5) is 8.78 Å². The summed E-state index contributed by atoms with van der Waals surface area (Å²) in [6.45, 7) is 1.91. The number of halogens is 2. The number of hydrogen-bond acceptors (Lipinski definition) is 1. The summed E-state index contributed by atoms with van der Waals surface area (Å²) in [5.74, 6) is 0.0973. The van der Waals surface area contributed by atoms with E-state index in [4.69, 9.17) is 0 Å². The molecule has 1 rings (SSSR count). The van der Waals surface area contributed by atoms with Gasteiger partial charge in [-0.2, -0.15) is 0 Å². The first-order valence-electron chi connectivity index (χ1n) is 4.94. The van der Waals surface area contributed by atoms with Crippen LogP contribution in [0.15, 0.2) is 24.3 Å². The summed E-state index contributed by atoms with van der Waals surface area (Å²) in [4.78, 5) is 10.3. The van der Waals surface area contributed by atoms with Crippen molar-refractivity contribution in [2.45, 2.75) is 32.1 Å². The predicted molar refractivity (Wildman–Crippen MR) is 55.2 cm³/mol. The van der Waals surface area contributed by atoms with E-state index in [-0.39, 0.29) is 12.3 Å². The third-order valence-corrected chi connectivity index (χ3v) is 2.36. The van der Waals surface area contributed by atoms with Gasteiger partial charge in [0, 0.05) is 12.8 Å². The van der Waals surface area contributed by atoms with Crippen molar-refractivity contribution in [1.29, 1.82) is 0 Å². The van der Waals surface area contributed by atoms with Gasteiger partial charge in [0.2, 0.25) is 6.43 Å². The molecule has 0 aromatic heterocycles. The second kappa shape index (κ2) is 5.59. The minimum absolute atomic E-state index is 0.0973. The van der Waals surface area contributed by atoms with Gasteiger partial charge < -0.3 is 4.79 Å². The van der Waals surface area contributed by atoms with E-state index in [1.807, 2.05) is 13.0 Å². The lowest BCUT2D eigenvalue weighted by atomic mass is 9.96. The SMILES string of the molecule is CC(CC=O)c1cccc(CC(F)F)c1. The van der Waals surface area contributed by atoms with Crippen LogP contribution in [0.25, 0.3) is 0 Å². The van der Waals surface area contributed by atoms with Crippen LogP contribution in [-0.2, 0) is 11.2 Å². The van der Waals surface area contributed by atoms with Crippen molar-refractivity contribution >= 4 is 6.29 Å². The van der Waals surface area contributed by atoms with Gasteiger partial charge in [-0.05, 0) is 17.0 Å². The third kappa shape index (κ3) is 3.78. The van der Waals surface area contributed by atoms with Gasteiger partial charge in [-0.15, -0.1) is 0 Å². The Labute approximate surface area is 88.1 Å². The summed E-state index contributed by atoms with van der Waals surface area (Å²) in [7, 11) is 0. The van der Waals surface area contributed by atoms with Crippen molar-refractivity contribution in [2.75, 3.05) is 0 Å². The number of aldehydes is 1. The molecule has 0 fully saturated rings. The van der Waals surface area contributed by atoms with E-state index in [2.05, 4.69) is 0 Å². The summed E-state index contributed by atoms with van der Waals surface area (Å²) in [5.41, 5.74) is 1.57. The number of alkyl halides is 2. The summed E-state index contributed by atoms with van der Waals surface area (Å²) >= 11 is 0. The van der Waals surface area contributed by atoms with Crippen LogP contribution in [0.2, 0.25) is 0 Å². The fraction of sp³-hybridized carbons (Fsp3) is 0.417. The Morgan fingerprint density at radius 2 is 2.13 bits per heavy atom. The Balaban J connectivity index is 2.77. The average Bonchev–Trinajstić information content (AvgIpc) is 2.17. The molecule has 0 aliphatic rings. The summed E-state index contributed by atoms with van der Waals surface area (Å²) in [6, 6.07) is 7.06. The molecule has 1 nitrogen and oxygen atoms in total. The first-order valence-corrected chi connectivity index (χ1v) is 4.94. The van der Waals surface area contributed by atoms with Gasteiger partial charge >= 0.3 is 0 Å². The number of rotatable bonds is 5. The zero-order chi connectivity index (χ0) is 11.3. The molecule has 82 valence electrons. The molecule has 0 aliphatic carbocycles. The molecule has 1 unspecified atom stereocenters. The van der Waals surface area contributed by atoms with Crippen LogP contribution >= 0.6 is 0 Å². The molecular formula is C12H14F2O. The maximum absolute atomic E-state index is 12.1. The summed E-state index contributed by atoms with van der Waals surface area (Å²) in [5, 5.41) is 0. The number of carbonyl (C=O) groups is 1. The van der Waals surface area contributed by atoms with Gasteiger partial charge in [-0.3, -0.25) is 0 Å². The maximum atomic E-state index is 12.1. The predicted octanol–water partition coefficient (Wildman–Crippen LogP) is 3.19. The molecule has 1 atom stereocenters. The van der Waals surface area contributed by atoms with Crippen molar-refractivity contribution in [3.05, 3.63) is 35.4 Å². The largest absolute Gasteiger partial charge is 0.303 e. The molecular weight excluding hydrogens is 198 g/mol. The highest BCUT2D eigenvalue weighted by Crippen LogP contribution is 2.20. The van der Waals surface area contributed by atoms with E-state index in [0.717, 1.165) is 11.8 Å². The van der Waals surface area contributed by atoms with Gasteiger partial charge in [0.1, 0.15) is 6.29 Å². The van der Waals surface area contributed by atoms with E-state index in [1.165, 1.54) is 0 Å². The molecule has 3 heteroatoms. The lowest BCUT2D eigenvalue weighted by Gasteiger charge is -2.09. The van der Waals surface area contributed by atoms with Crippen molar-refractivity contribution in [3.63, 3.8) is 0 Å². The number of hydrogen-bond donors (Lipinski definition) is 0. The molecule has 0 N–H and O–H groups in total. The molecule has 0 spiro atoms. The maximum Gasteiger partial charge on any atom is 0.242 e. The minimum atomic E-state index is -2.32. The highest BCUT2D eigenvalue weighted by atomic mass is 19.3. The molecule has 0 saturated carbocycles. The molecule has 15 heavy (non-hydrogen) atoms. The van der Waals surface area contributed by atoms with E-state index in [1.54, 1.807) is 18.2 Å². The van der Waals surface area contributed by atoms with E-state index >= 15 is 0 Å². The highest BCUT2D eigenvalue weighted by molar-refractivity contribution is 5.51. The Morgan fingerprint density at radius 3 is 2.73 bits per heavy atom. The zero-order valence-electron chi connectivity index (χ0n) is 8.62. The molecule has 0 aliphatic heterocycles. The molecule has 1 aromatic rings. The molecule has 0 heterocycles. The standard InChI is InChI=1S/C12H14F2O/c1-9(5-6-15)11-4-2-3-10(7-11)8-12(13)14/h2-4,6-7,9,12H,5,8H2,1H3. The van der Waals surface area contributed by atoms with Crippen molar-refractivity contribution in [3.8, 4) is 0 Å². The quantitative estimate of drug-likeness (QED) is 0.685. The average molecular weight is 212 g/mol. The molecule has 0 bridgehead atoms. The molecule has 0 radical (unpaired) electrons. The zero-order valence-corrected chi connectivity index (χ0v) is 8.62. The Bertz CT molecular complexity index is 323. The van der Waals surface area contributed by atoms with Gasteiger partial charge in [0.25, 0.3) is 0 Å². The van der Waals surface area contributed by atoms with Gasteiger partial charge in [0.15, 0.2) is 0 Å². The van der Waals surface area contributed by atoms with E-state index in [9.17, 15) is 13.6 Å². The number of carbonyl (C=O) groups excluding carboxylic acids is 1. The first-order chi connectivity index (χ1) is 7.13. The van der Waals surface area contributed by atoms with Gasteiger partial charge in [-0.1, -0.05) is 31.2 Å². The summed E-state index contributed by atoms with van der Waals surface area (Å²) in [6.07, 6.45) is -1.26. The highest BCUT2D eigenvalue weighted by Gasteiger charge is 2.08. The molecule has 1 aromatic carbocycles. The normalized spacial score (nSPS) is 12.8. The van der Waals surface area contributed by atoms with Crippen molar-refractivity contribution < 1.29 is 13.6 Å². The van der Waals surface area contributed by atoms with Crippen LogP contribution in [0.3, 0.4) is 0 Å². The third-order valence-electron chi connectivity index (χ3n) is 2.36. The lowest BCUT2D eigenvalue weighted by molar-refractivity contribution is -0.108. The number of benzene rings is 1. The van der Waals surface area contributed by atoms with Gasteiger partial charge in [0.05, 0.1) is 0 Å².